The van der Waals surface area contributed by atoms with Crippen LogP contribution >= 0.6 is 0 Å². The standard InChI is InChI=1S/C18H30N2O3/c1-14(2)12-19-7-9-20(10-8-19)16(13-21)15-5-6-17(22-3)18(11-15)23-4/h5-6,11,14,16,21H,7-10,12-13H2,1-4H3. The van der Waals surface area contributed by atoms with Gasteiger partial charge in [-0.25, -0.2) is 0 Å². The number of aliphatic hydroxyl groups is 1. The molecule has 1 heterocycles. The Balaban J connectivity index is 2.06. The van der Waals surface area contributed by atoms with Crippen molar-refractivity contribution in [3.05, 3.63) is 23.8 Å². The Bertz CT molecular complexity index is 485. The quantitative estimate of drug-likeness (QED) is 0.832. The summed E-state index contributed by atoms with van der Waals surface area (Å²) in [4.78, 5) is 4.86. The normalized spacial score (nSPS) is 18.2. The molecule has 23 heavy (non-hydrogen) atoms. The Morgan fingerprint density at radius 2 is 1.70 bits per heavy atom. The van der Waals surface area contributed by atoms with Crippen LogP contribution in [0, 0.1) is 5.92 Å². The molecule has 0 amide bonds. The van der Waals surface area contributed by atoms with E-state index >= 15 is 0 Å². The molecule has 1 atom stereocenters. The van der Waals surface area contributed by atoms with Crippen molar-refractivity contribution in [1.82, 2.24) is 9.80 Å². The van der Waals surface area contributed by atoms with E-state index in [-0.39, 0.29) is 12.6 Å². The van der Waals surface area contributed by atoms with Gasteiger partial charge in [0.25, 0.3) is 0 Å². The predicted molar refractivity (Wildman–Crippen MR) is 92.2 cm³/mol. The maximum Gasteiger partial charge on any atom is 0.161 e. The van der Waals surface area contributed by atoms with Gasteiger partial charge in [0, 0.05) is 32.7 Å². The lowest BCUT2D eigenvalue weighted by Gasteiger charge is -2.39. The average Bonchev–Trinajstić information content (AvgIpc) is 2.56. The van der Waals surface area contributed by atoms with Crippen LogP contribution in [-0.4, -0.2) is 68.5 Å². The molecule has 0 spiro atoms. The molecule has 1 N–H and O–H groups in total. The highest BCUT2D eigenvalue weighted by Gasteiger charge is 2.25. The van der Waals surface area contributed by atoms with Gasteiger partial charge in [0.05, 0.1) is 26.9 Å². The van der Waals surface area contributed by atoms with Gasteiger partial charge in [-0.3, -0.25) is 4.90 Å². The zero-order valence-electron chi connectivity index (χ0n) is 14.8. The second-order valence-electron chi connectivity index (χ2n) is 6.54. The second kappa shape index (κ2) is 8.52. The Labute approximate surface area is 139 Å². The summed E-state index contributed by atoms with van der Waals surface area (Å²) in [6, 6.07) is 5.91. The highest BCUT2D eigenvalue weighted by molar-refractivity contribution is 5.43. The first kappa shape index (κ1) is 18.0. The van der Waals surface area contributed by atoms with Crippen LogP contribution in [0.25, 0.3) is 0 Å². The smallest absolute Gasteiger partial charge is 0.161 e. The van der Waals surface area contributed by atoms with Crippen LogP contribution in [0.4, 0.5) is 0 Å². The van der Waals surface area contributed by atoms with Crippen molar-refractivity contribution in [2.24, 2.45) is 5.92 Å². The maximum absolute atomic E-state index is 9.91. The van der Waals surface area contributed by atoms with Crippen molar-refractivity contribution in [2.45, 2.75) is 19.9 Å². The van der Waals surface area contributed by atoms with Gasteiger partial charge in [-0.1, -0.05) is 19.9 Å². The number of rotatable bonds is 7. The van der Waals surface area contributed by atoms with Crippen LogP contribution in [0.3, 0.4) is 0 Å². The van der Waals surface area contributed by atoms with Crippen LogP contribution in [0.2, 0.25) is 0 Å². The number of ether oxygens (including phenoxy) is 2. The largest absolute Gasteiger partial charge is 0.493 e. The summed E-state index contributed by atoms with van der Waals surface area (Å²) in [6.07, 6.45) is 0. The second-order valence-corrected chi connectivity index (χ2v) is 6.54. The highest BCUT2D eigenvalue weighted by Crippen LogP contribution is 2.32. The fourth-order valence-corrected chi connectivity index (χ4v) is 3.27. The summed E-state index contributed by atoms with van der Waals surface area (Å²) in [7, 11) is 3.27. The number of benzene rings is 1. The van der Waals surface area contributed by atoms with Crippen molar-refractivity contribution in [2.75, 3.05) is 53.6 Å². The zero-order valence-corrected chi connectivity index (χ0v) is 14.8. The Morgan fingerprint density at radius 3 is 2.22 bits per heavy atom. The number of piperazine rings is 1. The molecule has 1 aliphatic rings. The monoisotopic (exact) mass is 322 g/mol. The third-order valence-corrected chi connectivity index (χ3v) is 4.44. The number of hydrogen-bond acceptors (Lipinski definition) is 5. The topological polar surface area (TPSA) is 45.2 Å². The fourth-order valence-electron chi connectivity index (χ4n) is 3.27. The van der Waals surface area contributed by atoms with Gasteiger partial charge in [0.15, 0.2) is 11.5 Å². The van der Waals surface area contributed by atoms with Crippen molar-refractivity contribution < 1.29 is 14.6 Å². The average molecular weight is 322 g/mol. The molecule has 1 aromatic carbocycles. The predicted octanol–water partition coefficient (Wildman–Crippen LogP) is 2.01. The van der Waals surface area contributed by atoms with Crippen molar-refractivity contribution >= 4 is 0 Å². The minimum absolute atomic E-state index is 0.0102. The van der Waals surface area contributed by atoms with E-state index in [9.17, 15) is 5.11 Å². The van der Waals surface area contributed by atoms with E-state index in [1.807, 2.05) is 18.2 Å². The molecule has 1 unspecified atom stereocenters. The third kappa shape index (κ3) is 4.59. The molecule has 0 aliphatic carbocycles. The van der Waals surface area contributed by atoms with E-state index in [4.69, 9.17) is 9.47 Å². The first-order chi connectivity index (χ1) is 11.1. The van der Waals surface area contributed by atoms with E-state index < -0.39 is 0 Å². The molecular formula is C18H30N2O3. The third-order valence-electron chi connectivity index (χ3n) is 4.44. The molecule has 0 aromatic heterocycles. The van der Waals surface area contributed by atoms with Crippen LogP contribution in [0.1, 0.15) is 25.5 Å². The number of hydrogen-bond donors (Lipinski definition) is 1. The molecule has 0 saturated carbocycles. The number of methoxy groups -OCH3 is 2. The SMILES string of the molecule is COc1ccc(C(CO)N2CCN(CC(C)C)CC2)cc1OC. The molecule has 2 rings (SSSR count). The van der Waals surface area contributed by atoms with E-state index in [0.29, 0.717) is 11.7 Å². The van der Waals surface area contributed by atoms with Gasteiger partial charge < -0.3 is 19.5 Å². The summed E-state index contributed by atoms with van der Waals surface area (Å²) in [5, 5.41) is 9.91. The number of aliphatic hydroxyl groups excluding tert-OH is 1. The summed E-state index contributed by atoms with van der Waals surface area (Å²) in [6.45, 7) is 9.84. The zero-order chi connectivity index (χ0) is 16.8. The molecular weight excluding hydrogens is 292 g/mol. The summed E-state index contributed by atoms with van der Waals surface area (Å²) < 4.78 is 10.7. The summed E-state index contributed by atoms with van der Waals surface area (Å²) in [5.74, 6) is 2.12. The first-order valence-electron chi connectivity index (χ1n) is 8.38. The minimum Gasteiger partial charge on any atom is -0.493 e. The summed E-state index contributed by atoms with van der Waals surface area (Å²) in [5.41, 5.74) is 1.07. The molecule has 1 fully saturated rings. The lowest BCUT2D eigenvalue weighted by Crippen LogP contribution is -2.49. The van der Waals surface area contributed by atoms with E-state index in [0.717, 1.165) is 44.0 Å². The molecule has 5 heteroatoms. The molecule has 1 aliphatic heterocycles. The molecule has 130 valence electrons. The van der Waals surface area contributed by atoms with Crippen molar-refractivity contribution in [1.29, 1.82) is 0 Å². The van der Waals surface area contributed by atoms with Crippen LogP contribution in [-0.2, 0) is 0 Å². The van der Waals surface area contributed by atoms with E-state index in [1.54, 1.807) is 14.2 Å². The van der Waals surface area contributed by atoms with E-state index in [2.05, 4.69) is 23.6 Å². The van der Waals surface area contributed by atoms with Crippen LogP contribution < -0.4 is 9.47 Å². The molecule has 1 aromatic rings. The van der Waals surface area contributed by atoms with Gasteiger partial charge in [-0.2, -0.15) is 0 Å². The van der Waals surface area contributed by atoms with Gasteiger partial charge in [-0.15, -0.1) is 0 Å². The van der Waals surface area contributed by atoms with Gasteiger partial charge in [0.2, 0.25) is 0 Å². The lowest BCUT2D eigenvalue weighted by atomic mass is 10.0. The lowest BCUT2D eigenvalue weighted by molar-refractivity contribution is 0.0605. The first-order valence-corrected chi connectivity index (χ1v) is 8.38. The van der Waals surface area contributed by atoms with Gasteiger partial charge >= 0.3 is 0 Å². The van der Waals surface area contributed by atoms with Crippen molar-refractivity contribution in [3.8, 4) is 11.5 Å². The van der Waals surface area contributed by atoms with E-state index in [1.165, 1.54) is 0 Å². The molecule has 0 bridgehead atoms. The molecule has 0 radical (unpaired) electrons. The Morgan fingerprint density at radius 1 is 1.04 bits per heavy atom. The van der Waals surface area contributed by atoms with Crippen LogP contribution in [0.5, 0.6) is 11.5 Å². The highest BCUT2D eigenvalue weighted by atomic mass is 16.5. The van der Waals surface area contributed by atoms with Crippen molar-refractivity contribution in [3.63, 3.8) is 0 Å². The van der Waals surface area contributed by atoms with Crippen LogP contribution in [0.15, 0.2) is 18.2 Å². The molecule has 1 saturated heterocycles. The molecule has 5 nitrogen and oxygen atoms in total. The van der Waals surface area contributed by atoms with Gasteiger partial charge in [0.1, 0.15) is 0 Å². The minimum atomic E-state index is 0.0102. The summed E-state index contributed by atoms with van der Waals surface area (Å²) >= 11 is 0. The fraction of sp³-hybridized carbons (Fsp3) is 0.667. The van der Waals surface area contributed by atoms with Gasteiger partial charge in [-0.05, 0) is 23.6 Å². The maximum atomic E-state index is 9.91. The Kier molecular flexibility index (Phi) is 6.69. The Hall–Kier alpha value is -1.30. The number of nitrogens with zero attached hydrogens (tertiary/aromatic N) is 2.